The van der Waals surface area contributed by atoms with Gasteiger partial charge in [0, 0.05) is 30.5 Å². The largest absolute Gasteiger partial charge is 0.336 e. The molecule has 0 radical (unpaired) electrons. The van der Waals surface area contributed by atoms with Crippen molar-refractivity contribution in [2.45, 2.75) is 20.4 Å². The summed E-state index contributed by atoms with van der Waals surface area (Å²) in [6, 6.07) is 19.6. The van der Waals surface area contributed by atoms with Gasteiger partial charge in [-0.3, -0.25) is 0 Å². The van der Waals surface area contributed by atoms with Gasteiger partial charge in [0.25, 0.3) is 0 Å². The predicted molar refractivity (Wildman–Crippen MR) is 116 cm³/mol. The van der Waals surface area contributed by atoms with E-state index < -0.39 is 0 Å². The van der Waals surface area contributed by atoms with Crippen molar-refractivity contribution < 1.29 is 4.79 Å². The molecular weight excluding hydrogens is 362 g/mol. The molecule has 0 aliphatic rings. The number of nitrogens with zero attached hydrogens (tertiary/aromatic N) is 3. The van der Waals surface area contributed by atoms with Crippen LogP contribution in [0.25, 0.3) is 22.6 Å². The van der Waals surface area contributed by atoms with Crippen LogP contribution in [0.1, 0.15) is 11.1 Å². The fraction of sp³-hybridized carbons (Fsp3) is 0.174. The number of aryl methyl sites for hydroxylation is 2. The van der Waals surface area contributed by atoms with E-state index in [1.807, 2.05) is 73.0 Å². The van der Waals surface area contributed by atoms with Crippen LogP contribution >= 0.6 is 0 Å². The van der Waals surface area contributed by atoms with Crippen LogP contribution in [0.15, 0.2) is 66.9 Å². The number of urea groups is 1. The van der Waals surface area contributed by atoms with E-state index in [0.717, 1.165) is 39.4 Å². The molecule has 2 amide bonds. The van der Waals surface area contributed by atoms with E-state index in [4.69, 9.17) is 4.98 Å². The summed E-state index contributed by atoms with van der Waals surface area (Å²) in [5, 5.41) is 5.82. The molecule has 4 rings (SSSR count). The number of carbonyl (C=O) groups is 1. The Morgan fingerprint density at radius 2 is 1.76 bits per heavy atom. The zero-order valence-electron chi connectivity index (χ0n) is 16.5. The molecule has 0 aliphatic heterocycles. The van der Waals surface area contributed by atoms with Crippen molar-refractivity contribution in [3.63, 3.8) is 0 Å². The zero-order chi connectivity index (χ0) is 20.2. The molecule has 0 spiro atoms. The van der Waals surface area contributed by atoms with Crippen molar-refractivity contribution in [3.05, 3.63) is 78.0 Å². The summed E-state index contributed by atoms with van der Waals surface area (Å²) < 4.78 is 2.04. The Morgan fingerprint density at radius 1 is 1.00 bits per heavy atom. The lowest BCUT2D eigenvalue weighted by Gasteiger charge is -2.11. The molecular formula is C23H23N5O. The average molecular weight is 385 g/mol. The number of rotatable bonds is 5. The van der Waals surface area contributed by atoms with Crippen molar-refractivity contribution in [2.24, 2.45) is 0 Å². The highest BCUT2D eigenvalue weighted by Gasteiger charge is 2.13. The molecule has 6 nitrogen and oxygen atoms in total. The van der Waals surface area contributed by atoms with Gasteiger partial charge in [-0.15, -0.1) is 0 Å². The molecule has 0 saturated carbocycles. The summed E-state index contributed by atoms with van der Waals surface area (Å²) in [5.74, 6) is 0.843. The van der Waals surface area contributed by atoms with E-state index in [9.17, 15) is 4.79 Å². The van der Waals surface area contributed by atoms with Gasteiger partial charge in [0.2, 0.25) is 0 Å². The van der Waals surface area contributed by atoms with Gasteiger partial charge in [0.05, 0.1) is 0 Å². The van der Waals surface area contributed by atoms with Crippen LogP contribution in [0, 0.1) is 13.8 Å². The maximum atomic E-state index is 12.3. The molecule has 0 atom stereocenters. The minimum Gasteiger partial charge on any atom is -0.336 e. The van der Waals surface area contributed by atoms with Gasteiger partial charge < -0.3 is 15.2 Å². The topological polar surface area (TPSA) is 71.8 Å². The number of amides is 2. The minimum absolute atomic E-state index is 0.228. The number of benzene rings is 2. The number of carbonyl (C=O) groups excluding carboxylic acids is 1. The van der Waals surface area contributed by atoms with E-state index in [1.165, 1.54) is 0 Å². The Bertz CT molecular complexity index is 1130. The van der Waals surface area contributed by atoms with Crippen molar-refractivity contribution in [3.8, 4) is 11.4 Å². The van der Waals surface area contributed by atoms with E-state index >= 15 is 0 Å². The SMILES string of the molecule is Cc1cc(C)cc(NC(=O)NCCn2c(-c3ccccc3)nc3cccnc32)c1. The van der Waals surface area contributed by atoms with Gasteiger partial charge >= 0.3 is 6.03 Å². The second kappa shape index (κ2) is 8.14. The second-order valence-electron chi connectivity index (χ2n) is 7.06. The first-order chi connectivity index (χ1) is 14.1. The Kier molecular flexibility index (Phi) is 5.24. The first-order valence-corrected chi connectivity index (χ1v) is 9.60. The number of pyridine rings is 1. The summed E-state index contributed by atoms with van der Waals surface area (Å²) in [6.45, 7) is 5.05. The molecule has 0 bridgehead atoms. The van der Waals surface area contributed by atoms with Gasteiger partial charge in [0.1, 0.15) is 11.3 Å². The number of aromatic nitrogens is 3. The van der Waals surface area contributed by atoms with E-state index in [2.05, 4.69) is 21.7 Å². The molecule has 0 fully saturated rings. The molecule has 2 N–H and O–H groups in total. The maximum Gasteiger partial charge on any atom is 0.319 e. The lowest BCUT2D eigenvalue weighted by molar-refractivity contribution is 0.251. The lowest BCUT2D eigenvalue weighted by atomic mass is 10.1. The van der Waals surface area contributed by atoms with Gasteiger partial charge in [-0.25, -0.2) is 14.8 Å². The first kappa shape index (κ1) is 18.7. The third-order valence-corrected chi connectivity index (χ3v) is 4.64. The maximum absolute atomic E-state index is 12.3. The number of anilines is 1. The predicted octanol–water partition coefficient (Wildman–Crippen LogP) is 4.54. The van der Waals surface area contributed by atoms with E-state index in [1.54, 1.807) is 6.20 Å². The highest BCUT2D eigenvalue weighted by atomic mass is 16.2. The molecule has 4 aromatic rings. The molecule has 2 aromatic carbocycles. The van der Waals surface area contributed by atoms with Crippen LogP contribution in [-0.2, 0) is 6.54 Å². The van der Waals surface area contributed by atoms with E-state index in [0.29, 0.717) is 13.1 Å². The van der Waals surface area contributed by atoms with Crippen LogP contribution in [0.5, 0.6) is 0 Å². The Balaban J connectivity index is 1.49. The molecule has 0 unspecified atom stereocenters. The molecule has 29 heavy (non-hydrogen) atoms. The molecule has 2 heterocycles. The number of fused-ring (bicyclic) bond motifs is 1. The van der Waals surface area contributed by atoms with Crippen molar-refractivity contribution in [1.82, 2.24) is 19.9 Å². The van der Waals surface area contributed by atoms with Gasteiger partial charge in [-0.1, -0.05) is 36.4 Å². The van der Waals surface area contributed by atoms with Crippen LogP contribution in [0.3, 0.4) is 0 Å². The van der Waals surface area contributed by atoms with E-state index in [-0.39, 0.29) is 6.03 Å². The summed E-state index contributed by atoms with van der Waals surface area (Å²) in [7, 11) is 0. The molecule has 2 aromatic heterocycles. The zero-order valence-corrected chi connectivity index (χ0v) is 16.5. The van der Waals surface area contributed by atoms with Crippen LogP contribution in [0.2, 0.25) is 0 Å². The number of imidazole rings is 1. The average Bonchev–Trinajstić information content (AvgIpc) is 3.07. The van der Waals surface area contributed by atoms with Crippen LogP contribution in [-0.4, -0.2) is 27.1 Å². The fourth-order valence-corrected chi connectivity index (χ4v) is 3.48. The highest BCUT2D eigenvalue weighted by molar-refractivity contribution is 5.89. The molecule has 6 heteroatoms. The standard InChI is InChI=1S/C23H23N5O/c1-16-13-17(2)15-19(14-16)26-23(29)25-11-12-28-21(18-7-4-3-5-8-18)27-20-9-6-10-24-22(20)28/h3-10,13-15H,11-12H2,1-2H3,(H2,25,26,29). The normalized spacial score (nSPS) is 10.8. The van der Waals surface area contributed by atoms with Gasteiger partial charge in [0.15, 0.2) is 5.65 Å². The molecule has 0 aliphatic carbocycles. The van der Waals surface area contributed by atoms with Crippen molar-refractivity contribution in [1.29, 1.82) is 0 Å². The van der Waals surface area contributed by atoms with Gasteiger partial charge in [-0.2, -0.15) is 0 Å². The highest BCUT2D eigenvalue weighted by Crippen LogP contribution is 2.23. The summed E-state index contributed by atoms with van der Waals surface area (Å²) >= 11 is 0. The minimum atomic E-state index is -0.228. The van der Waals surface area contributed by atoms with Crippen LogP contribution in [0.4, 0.5) is 10.5 Å². The monoisotopic (exact) mass is 385 g/mol. The second-order valence-corrected chi connectivity index (χ2v) is 7.06. The summed E-state index contributed by atoms with van der Waals surface area (Å²) in [6.07, 6.45) is 1.76. The summed E-state index contributed by atoms with van der Waals surface area (Å²) in [4.78, 5) is 21.5. The number of hydrogen-bond acceptors (Lipinski definition) is 3. The van der Waals surface area contributed by atoms with Gasteiger partial charge in [-0.05, 0) is 49.2 Å². The number of nitrogens with one attached hydrogen (secondary N) is 2. The van der Waals surface area contributed by atoms with Crippen molar-refractivity contribution >= 4 is 22.9 Å². The fourth-order valence-electron chi connectivity index (χ4n) is 3.48. The number of hydrogen-bond donors (Lipinski definition) is 2. The van der Waals surface area contributed by atoms with Crippen molar-refractivity contribution in [2.75, 3.05) is 11.9 Å². The summed E-state index contributed by atoms with van der Waals surface area (Å²) in [5.41, 5.74) is 5.69. The third kappa shape index (κ3) is 4.27. The smallest absolute Gasteiger partial charge is 0.319 e. The Labute approximate surface area is 169 Å². The molecule has 0 saturated heterocycles. The Hall–Kier alpha value is -3.67. The third-order valence-electron chi connectivity index (χ3n) is 4.64. The quantitative estimate of drug-likeness (QED) is 0.530. The molecule has 146 valence electrons. The Morgan fingerprint density at radius 3 is 2.52 bits per heavy atom. The first-order valence-electron chi connectivity index (χ1n) is 9.60. The lowest BCUT2D eigenvalue weighted by Crippen LogP contribution is -2.31. The van der Waals surface area contributed by atoms with Crippen LogP contribution < -0.4 is 10.6 Å².